The lowest BCUT2D eigenvalue weighted by Crippen LogP contribution is -2.38. The summed E-state index contributed by atoms with van der Waals surface area (Å²) in [6.07, 6.45) is 5.56. The predicted molar refractivity (Wildman–Crippen MR) is 223 cm³/mol. The van der Waals surface area contributed by atoms with E-state index in [2.05, 4.69) is 89.3 Å². The van der Waals surface area contributed by atoms with Crippen LogP contribution in [0.1, 0.15) is 56.8 Å². The SMILES string of the molecule is CC1C(C)[C@@H](CO)O[C@H]1n1cnc2c(N)ncnc21.COc1ccc(C(Nc2ncnc3c2ncn3[C@@H]2O[C@H](CO)C(C)C2C)(c2ccccc2)c2ccccc2)cc1. The zero-order chi connectivity index (χ0) is 41.3. The van der Waals surface area contributed by atoms with Gasteiger partial charge >= 0.3 is 0 Å². The minimum absolute atomic E-state index is 0.0189. The topological polar surface area (TPSA) is 193 Å². The summed E-state index contributed by atoms with van der Waals surface area (Å²) < 4.78 is 21.4. The number of imidazole rings is 2. The van der Waals surface area contributed by atoms with Crippen molar-refractivity contribution >= 4 is 34.0 Å². The molecule has 0 aliphatic carbocycles. The second-order valence-electron chi connectivity index (χ2n) is 15.4. The number of nitrogen functional groups attached to an aromatic ring is 1. The number of benzene rings is 3. The first-order valence-electron chi connectivity index (χ1n) is 19.9. The molecule has 2 aliphatic heterocycles. The predicted octanol–water partition coefficient (Wildman–Crippen LogP) is 5.97. The van der Waals surface area contributed by atoms with Gasteiger partial charge in [-0.2, -0.15) is 0 Å². The summed E-state index contributed by atoms with van der Waals surface area (Å²) in [5.41, 5.74) is 10.6. The van der Waals surface area contributed by atoms with E-state index >= 15 is 0 Å². The van der Waals surface area contributed by atoms with Gasteiger partial charge in [0.2, 0.25) is 0 Å². The summed E-state index contributed by atoms with van der Waals surface area (Å²) >= 11 is 0. The van der Waals surface area contributed by atoms with E-state index < -0.39 is 5.54 Å². The molecule has 9 rings (SSSR count). The van der Waals surface area contributed by atoms with Crippen LogP contribution in [0.4, 0.5) is 11.6 Å². The monoisotopic (exact) mass is 798 g/mol. The number of rotatable bonds is 10. The Balaban J connectivity index is 0.000000212. The molecule has 4 aromatic heterocycles. The van der Waals surface area contributed by atoms with Crippen LogP contribution in [0.15, 0.2) is 110 Å². The number of hydrogen-bond acceptors (Lipinski definition) is 13. The highest BCUT2D eigenvalue weighted by atomic mass is 16.5. The van der Waals surface area contributed by atoms with E-state index in [1.165, 1.54) is 6.33 Å². The number of fused-ring (bicyclic) bond motifs is 2. The van der Waals surface area contributed by atoms with E-state index in [4.69, 9.17) is 29.9 Å². The molecular formula is C44H50N10O5. The highest BCUT2D eigenvalue weighted by molar-refractivity contribution is 5.84. The van der Waals surface area contributed by atoms with Crippen molar-refractivity contribution in [3.8, 4) is 5.75 Å². The van der Waals surface area contributed by atoms with Crippen LogP contribution in [0.2, 0.25) is 0 Å². The fraction of sp³-hybridized carbons (Fsp3) is 0.364. The van der Waals surface area contributed by atoms with Crippen molar-refractivity contribution in [1.82, 2.24) is 39.0 Å². The Morgan fingerprint density at radius 3 is 1.59 bits per heavy atom. The number of nitrogens with one attached hydrogen (secondary N) is 1. The first kappa shape index (κ1) is 39.8. The molecule has 6 heterocycles. The molecule has 2 saturated heterocycles. The number of aromatic nitrogens is 8. The minimum atomic E-state index is -0.798. The van der Waals surface area contributed by atoms with Gasteiger partial charge in [0.15, 0.2) is 28.4 Å². The maximum absolute atomic E-state index is 9.82. The second kappa shape index (κ2) is 16.7. The quantitative estimate of drug-likeness (QED) is 0.118. The lowest BCUT2D eigenvalue weighted by molar-refractivity contribution is -0.0337. The average molecular weight is 799 g/mol. The van der Waals surface area contributed by atoms with Crippen LogP contribution < -0.4 is 15.8 Å². The van der Waals surface area contributed by atoms with Crippen LogP contribution in [0.3, 0.4) is 0 Å². The van der Waals surface area contributed by atoms with Crippen molar-refractivity contribution in [3.63, 3.8) is 0 Å². The molecule has 0 amide bonds. The number of ether oxygens (including phenoxy) is 3. The summed E-state index contributed by atoms with van der Waals surface area (Å²) in [4.78, 5) is 26.5. The molecule has 5 N–H and O–H groups in total. The molecule has 2 fully saturated rings. The Morgan fingerprint density at radius 1 is 0.627 bits per heavy atom. The first-order valence-corrected chi connectivity index (χ1v) is 19.9. The van der Waals surface area contributed by atoms with Crippen LogP contribution in [0.25, 0.3) is 22.3 Å². The Labute approximate surface area is 342 Å². The molecule has 3 aromatic carbocycles. The van der Waals surface area contributed by atoms with E-state index in [9.17, 15) is 10.2 Å². The molecule has 7 aromatic rings. The van der Waals surface area contributed by atoms with Crippen LogP contribution >= 0.6 is 0 Å². The standard InChI is InChI=1S/C32H33N5O3.C12H17N5O2/c1-21-22(2)31(40-27(21)18-38)37-20-35-28-29(33-19-34-30(28)37)36-32(23-10-6-4-7-11-23,24-12-8-5-9-13-24)25-14-16-26(39-3)17-15-25;1-6-7(2)12(19-8(6)3-18)17-5-16-9-10(13)14-4-15-11(9)17/h4-17,19-22,27,31,38H,18H2,1-3H3,(H,33,34,36);4-8,12,18H,3H2,1-2H3,(H2,13,14,15)/t21?,22?,27-,31-;6?,7?,8-,12-/m11/s1. The van der Waals surface area contributed by atoms with E-state index in [-0.39, 0.29) is 61.5 Å². The van der Waals surface area contributed by atoms with Crippen LogP contribution in [-0.2, 0) is 15.0 Å². The zero-order valence-corrected chi connectivity index (χ0v) is 33.7. The molecule has 15 nitrogen and oxygen atoms in total. The Kier molecular flexibility index (Phi) is 11.3. The number of hydrogen-bond donors (Lipinski definition) is 4. The summed E-state index contributed by atoms with van der Waals surface area (Å²) in [5, 5.41) is 23.0. The second-order valence-corrected chi connectivity index (χ2v) is 15.4. The normalized spacial score (nSPS) is 24.3. The summed E-state index contributed by atoms with van der Waals surface area (Å²) in [5.74, 6) is 2.64. The fourth-order valence-corrected chi connectivity index (χ4v) is 8.40. The third kappa shape index (κ3) is 7.13. The van der Waals surface area contributed by atoms with Crippen molar-refractivity contribution in [2.24, 2.45) is 23.7 Å². The van der Waals surface area contributed by atoms with E-state index in [0.717, 1.165) is 22.4 Å². The van der Waals surface area contributed by atoms with Gasteiger partial charge in [-0.25, -0.2) is 29.9 Å². The third-order valence-corrected chi connectivity index (χ3v) is 12.3. The number of nitrogens with zero attached hydrogens (tertiary/aromatic N) is 8. The first-order chi connectivity index (χ1) is 28.7. The highest BCUT2D eigenvalue weighted by Crippen LogP contribution is 2.44. The van der Waals surface area contributed by atoms with Crippen molar-refractivity contribution in [2.45, 2.75) is 57.9 Å². The van der Waals surface area contributed by atoms with Crippen molar-refractivity contribution in [2.75, 3.05) is 31.4 Å². The fourth-order valence-electron chi connectivity index (χ4n) is 8.40. The number of anilines is 2. The third-order valence-electron chi connectivity index (χ3n) is 12.3. The van der Waals surface area contributed by atoms with E-state index in [1.54, 1.807) is 26.1 Å². The average Bonchev–Trinajstić information content (AvgIpc) is 4.05. The van der Waals surface area contributed by atoms with Gasteiger partial charge in [-0.05, 0) is 40.7 Å². The van der Waals surface area contributed by atoms with Crippen LogP contribution in [0.5, 0.6) is 5.75 Å². The lowest BCUT2D eigenvalue weighted by Gasteiger charge is -2.37. The summed E-state index contributed by atoms with van der Waals surface area (Å²) in [7, 11) is 1.67. The Hall–Kier alpha value is -6.00. The molecule has 306 valence electrons. The zero-order valence-electron chi connectivity index (χ0n) is 33.7. The van der Waals surface area contributed by atoms with E-state index in [1.807, 2.05) is 57.7 Å². The molecule has 2 aliphatic rings. The summed E-state index contributed by atoms with van der Waals surface area (Å²) in [6.45, 7) is 8.42. The van der Waals surface area contributed by atoms with Crippen molar-refractivity contribution in [1.29, 1.82) is 0 Å². The summed E-state index contributed by atoms with van der Waals surface area (Å²) in [6, 6.07) is 28.8. The lowest BCUT2D eigenvalue weighted by atomic mass is 9.77. The number of aliphatic hydroxyl groups is 2. The van der Waals surface area contributed by atoms with Crippen LogP contribution in [0, 0.1) is 23.7 Å². The smallest absolute Gasteiger partial charge is 0.167 e. The van der Waals surface area contributed by atoms with Gasteiger partial charge in [0.25, 0.3) is 0 Å². The van der Waals surface area contributed by atoms with Gasteiger partial charge < -0.3 is 35.5 Å². The van der Waals surface area contributed by atoms with E-state index in [0.29, 0.717) is 34.0 Å². The number of methoxy groups -OCH3 is 1. The van der Waals surface area contributed by atoms with Gasteiger partial charge in [-0.3, -0.25) is 9.13 Å². The molecular weight excluding hydrogens is 749 g/mol. The van der Waals surface area contributed by atoms with Gasteiger partial charge in [0.05, 0.1) is 45.2 Å². The van der Waals surface area contributed by atoms with Gasteiger partial charge in [0.1, 0.15) is 41.9 Å². The van der Waals surface area contributed by atoms with Gasteiger partial charge in [0, 0.05) is 11.8 Å². The molecule has 0 saturated carbocycles. The number of aliphatic hydroxyl groups excluding tert-OH is 2. The molecule has 4 unspecified atom stereocenters. The van der Waals surface area contributed by atoms with Gasteiger partial charge in [-0.1, -0.05) is 100 Å². The van der Waals surface area contributed by atoms with Crippen molar-refractivity contribution in [3.05, 3.63) is 127 Å². The Morgan fingerprint density at radius 2 is 1.10 bits per heavy atom. The number of nitrogens with two attached hydrogens (primary N) is 1. The van der Waals surface area contributed by atoms with Crippen molar-refractivity contribution < 1.29 is 24.4 Å². The molecule has 0 radical (unpaired) electrons. The Bertz CT molecular complexity index is 2440. The minimum Gasteiger partial charge on any atom is -0.497 e. The largest absolute Gasteiger partial charge is 0.497 e. The molecule has 0 bridgehead atoms. The molecule has 15 heteroatoms. The molecule has 8 atom stereocenters. The molecule has 0 spiro atoms. The highest BCUT2D eigenvalue weighted by Gasteiger charge is 2.42. The molecule has 59 heavy (non-hydrogen) atoms. The maximum atomic E-state index is 9.82. The van der Waals surface area contributed by atoms with Gasteiger partial charge in [-0.15, -0.1) is 0 Å². The van der Waals surface area contributed by atoms with Crippen LogP contribution in [-0.4, -0.2) is 81.8 Å². The maximum Gasteiger partial charge on any atom is 0.167 e.